The van der Waals surface area contributed by atoms with E-state index >= 15 is 0 Å². The second-order valence-corrected chi connectivity index (χ2v) is 5.58. The number of anilines is 1. The molecule has 0 amide bonds. The van der Waals surface area contributed by atoms with Gasteiger partial charge in [-0.15, -0.1) is 0 Å². The molecule has 2 aromatic carbocycles. The van der Waals surface area contributed by atoms with Gasteiger partial charge in [0.05, 0.1) is 22.3 Å². The summed E-state index contributed by atoms with van der Waals surface area (Å²) in [5.41, 5.74) is 4.07. The van der Waals surface area contributed by atoms with E-state index < -0.39 is 0 Å². The highest BCUT2D eigenvalue weighted by atomic mass is 35.5. The summed E-state index contributed by atoms with van der Waals surface area (Å²) in [6.45, 7) is 0.708. The molecule has 0 bridgehead atoms. The average Bonchev–Trinajstić information content (AvgIpc) is 3.32. The molecule has 0 unspecified atom stereocenters. The summed E-state index contributed by atoms with van der Waals surface area (Å²) in [6, 6.07) is 16.1. The number of benzene rings is 2. The fourth-order valence-electron chi connectivity index (χ4n) is 2.25. The number of nitrogens with one attached hydrogen (secondary N) is 1. The van der Waals surface area contributed by atoms with E-state index in [2.05, 4.69) is 35.7 Å². The highest BCUT2D eigenvalue weighted by Crippen LogP contribution is 2.39. The molecule has 100 valence electrons. The third kappa shape index (κ3) is 2.95. The Morgan fingerprint density at radius 3 is 2.55 bits per heavy atom. The summed E-state index contributed by atoms with van der Waals surface area (Å²) < 4.78 is 0. The summed E-state index contributed by atoms with van der Waals surface area (Å²) in [5, 5.41) is 12.8. The maximum atomic E-state index is 8.91. The van der Waals surface area contributed by atoms with Crippen LogP contribution >= 0.6 is 11.6 Å². The molecular formula is C17H15ClN2. The maximum absolute atomic E-state index is 8.91. The average molecular weight is 283 g/mol. The lowest BCUT2D eigenvalue weighted by atomic mass is 10.1. The first-order chi connectivity index (χ1) is 9.76. The van der Waals surface area contributed by atoms with Crippen molar-refractivity contribution in [2.24, 2.45) is 0 Å². The van der Waals surface area contributed by atoms with Gasteiger partial charge in [0.1, 0.15) is 0 Å². The van der Waals surface area contributed by atoms with Crippen molar-refractivity contribution in [3.8, 4) is 6.07 Å². The van der Waals surface area contributed by atoms with Crippen LogP contribution in [-0.4, -0.2) is 0 Å². The Kier molecular flexibility index (Phi) is 3.62. The van der Waals surface area contributed by atoms with Crippen molar-refractivity contribution in [3.05, 3.63) is 64.2 Å². The zero-order chi connectivity index (χ0) is 13.9. The van der Waals surface area contributed by atoms with Crippen molar-refractivity contribution in [2.75, 3.05) is 5.32 Å². The zero-order valence-electron chi connectivity index (χ0n) is 11.1. The maximum Gasteiger partial charge on any atom is 0.0992 e. The minimum Gasteiger partial charge on any atom is -0.380 e. The minimum absolute atomic E-state index is 0.612. The zero-order valence-corrected chi connectivity index (χ0v) is 11.8. The van der Waals surface area contributed by atoms with Crippen LogP contribution in [0.25, 0.3) is 0 Å². The molecule has 1 aliphatic carbocycles. The Hall–Kier alpha value is -1.98. The van der Waals surface area contributed by atoms with Gasteiger partial charge in [-0.25, -0.2) is 0 Å². The van der Waals surface area contributed by atoms with Crippen LogP contribution in [0.4, 0.5) is 5.69 Å². The van der Waals surface area contributed by atoms with Crippen molar-refractivity contribution < 1.29 is 0 Å². The monoisotopic (exact) mass is 282 g/mol. The largest absolute Gasteiger partial charge is 0.380 e. The predicted molar refractivity (Wildman–Crippen MR) is 81.9 cm³/mol. The normalized spacial score (nSPS) is 13.8. The lowest BCUT2D eigenvalue weighted by molar-refractivity contribution is 1.10. The van der Waals surface area contributed by atoms with Gasteiger partial charge in [0.2, 0.25) is 0 Å². The number of hydrogen-bond acceptors (Lipinski definition) is 2. The van der Waals surface area contributed by atoms with Crippen molar-refractivity contribution in [2.45, 2.75) is 25.3 Å². The summed E-state index contributed by atoms with van der Waals surface area (Å²) in [4.78, 5) is 0. The molecule has 2 aromatic rings. The molecular weight excluding hydrogens is 268 g/mol. The van der Waals surface area contributed by atoms with Crippen LogP contribution in [0.2, 0.25) is 5.02 Å². The SMILES string of the molecule is N#Cc1ccc(Cl)c(NCc2ccc(C3CC3)cc2)c1. The van der Waals surface area contributed by atoms with Gasteiger partial charge in [-0.3, -0.25) is 0 Å². The van der Waals surface area contributed by atoms with Crippen LogP contribution in [0.15, 0.2) is 42.5 Å². The molecule has 1 aliphatic rings. The molecule has 0 aliphatic heterocycles. The minimum atomic E-state index is 0.612. The summed E-state index contributed by atoms with van der Waals surface area (Å²) >= 11 is 6.12. The van der Waals surface area contributed by atoms with E-state index in [0.29, 0.717) is 17.1 Å². The first-order valence-electron chi connectivity index (χ1n) is 6.78. The number of hydrogen-bond donors (Lipinski definition) is 1. The van der Waals surface area contributed by atoms with Crippen molar-refractivity contribution in [3.63, 3.8) is 0 Å². The van der Waals surface area contributed by atoms with Crippen LogP contribution < -0.4 is 5.32 Å². The Morgan fingerprint density at radius 1 is 1.15 bits per heavy atom. The van der Waals surface area contributed by atoms with Gasteiger partial charge < -0.3 is 5.32 Å². The first-order valence-corrected chi connectivity index (χ1v) is 7.16. The van der Waals surface area contributed by atoms with Crippen LogP contribution in [-0.2, 0) is 6.54 Å². The van der Waals surface area contributed by atoms with Gasteiger partial charge in [0.25, 0.3) is 0 Å². The lowest BCUT2D eigenvalue weighted by Crippen LogP contribution is -2.00. The topological polar surface area (TPSA) is 35.8 Å². The van der Waals surface area contributed by atoms with Crippen LogP contribution in [0, 0.1) is 11.3 Å². The van der Waals surface area contributed by atoms with Gasteiger partial charge in [-0.05, 0) is 48.1 Å². The van der Waals surface area contributed by atoms with E-state index in [1.165, 1.54) is 24.0 Å². The van der Waals surface area contributed by atoms with Crippen molar-refractivity contribution >= 4 is 17.3 Å². The van der Waals surface area contributed by atoms with E-state index in [-0.39, 0.29) is 0 Å². The van der Waals surface area contributed by atoms with Gasteiger partial charge in [0.15, 0.2) is 0 Å². The first kappa shape index (κ1) is 13.0. The number of halogens is 1. The summed E-state index contributed by atoms with van der Waals surface area (Å²) in [5.74, 6) is 0.791. The Labute approximate surface area is 124 Å². The van der Waals surface area contributed by atoms with Crippen molar-refractivity contribution in [1.29, 1.82) is 5.26 Å². The number of rotatable bonds is 4. The molecule has 0 aromatic heterocycles. The molecule has 3 heteroatoms. The van der Waals surface area contributed by atoms with Crippen molar-refractivity contribution in [1.82, 2.24) is 0 Å². The smallest absolute Gasteiger partial charge is 0.0992 e. The number of nitriles is 1. The second-order valence-electron chi connectivity index (χ2n) is 5.18. The molecule has 2 nitrogen and oxygen atoms in total. The lowest BCUT2D eigenvalue weighted by Gasteiger charge is -2.09. The molecule has 0 spiro atoms. The van der Waals surface area contributed by atoms with Gasteiger partial charge in [-0.2, -0.15) is 5.26 Å². The molecule has 0 heterocycles. The van der Waals surface area contributed by atoms with E-state index in [1.54, 1.807) is 18.2 Å². The number of nitrogens with zero attached hydrogens (tertiary/aromatic N) is 1. The molecule has 1 saturated carbocycles. The van der Waals surface area contributed by atoms with Crippen LogP contribution in [0.5, 0.6) is 0 Å². The van der Waals surface area contributed by atoms with E-state index in [1.807, 2.05) is 0 Å². The molecule has 1 N–H and O–H groups in total. The van der Waals surface area contributed by atoms with Crippen LogP contribution in [0.3, 0.4) is 0 Å². The molecule has 0 saturated heterocycles. The fraction of sp³-hybridized carbons (Fsp3) is 0.235. The second kappa shape index (κ2) is 5.56. The Morgan fingerprint density at radius 2 is 1.90 bits per heavy atom. The molecule has 20 heavy (non-hydrogen) atoms. The molecule has 0 radical (unpaired) electrons. The quantitative estimate of drug-likeness (QED) is 0.882. The van der Waals surface area contributed by atoms with E-state index in [9.17, 15) is 0 Å². The summed E-state index contributed by atoms with van der Waals surface area (Å²) in [6.07, 6.45) is 2.66. The Bertz CT molecular complexity index is 652. The van der Waals surface area contributed by atoms with E-state index in [4.69, 9.17) is 16.9 Å². The van der Waals surface area contributed by atoms with E-state index in [0.717, 1.165) is 11.6 Å². The predicted octanol–water partition coefficient (Wildman–Crippen LogP) is 4.70. The highest BCUT2D eigenvalue weighted by Gasteiger charge is 2.22. The molecule has 1 fully saturated rings. The van der Waals surface area contributed by atoms with Gasteiger partial charge in [-0.1, -0.05) is 35.9 Å². The third-order valence-electron chi connectivity index (χ3n) is 3.61. The van der Waals surface area contributed by atoms with Crippen LogP contribution in [0.1, 0.15) is 35.4 Å². The molecule has 3 rings (SSSR count). The molecule has 0 atom stereocenters. The Balaban J connectivity index is 1.68. The fourth-order valence-corrected chi connectivity index (χ4v) is 2.44. The standard InChI is InChI=1S/C17H15ClN2/c18-16-8-3-13(10-19)9-17(16)20-11-12-1-4-14(5-2-12)15-6-7-15/h1-5,8-9,15,20H,6-7,11H2. The van der Waals surface area contributed by atoms with Gasteiger partial charge >= 0.3 is 0 Å². The third-order valence-corrected chi connectivity index (χ3v) is 3.94. The van der Waals surface area contributed by atoms with Gasteiger partial charge in [0, 0.05) is 6.54 Å². The summed E-state index contributed by atoms with van der Waals surface area (Å²) in [7, 11) is 0. The highest BCUT2D eigenvalue weighted by molar-refractivity contribution is 6.33.